The predicted molar refractivity (Wildman–Crippen MR) is 87.4 cm³/mol. The normalized spacial score (nSPS) is 11.2. The van der Waals surface area contributed by atoms with Crippen molar-refractivity contribution in [2.45, 2.75) is 4.90 Å². The number of anilines is 2. The Morgan fingerprint density at radius 2 is 1.95 bits per heavy atom. The van der Waals surface area contributed by atoms with Crippen molar-refractivity contribution in [2.75, 3.05) is 17.6 Å². The molecule has 0 aliphatic heterocycles. The van der Waals surface area contributed by atoms with Crippen molar-refractivity contribution in [3.63, 3.8) is 0 Å². The second-order valence-corrected chi connectivity index (χ2v) is 7.05. The number of hydrogen-bond donors (Lipinski definition) is 2. The smallest absolute Gasteiger partial charge is 0.263 e. The number of rotatable bonds is 4. The van der Waals surface area contributed by atoms with Crippen LogP contribution in [0.15, 0.2) is 45.8 Å². The highest BCUT2D eigenvalue weighted by Crippen LogP contribution is 2.31. The summed E-state index contributed by atoms with van der Waals surface area (Å²) in [7, 11) is -2.37. The molecule has 0 aliphatic carbocycles. The van der Waals surface area contributed by atoms with Gasteiger partial charge >= 0.3 is 0 Å². The maximum Gasteiger partial charge on any atom is 0.263 e. The molecule has 0 unspecified atom stereocenters. The molecule has 0 aromatic heterocycles. The van der Waals surface area contributed by atoms with Crippen LogP contribution in [0.3, 0.4) is 0 Å². The average Bonchev–Trinajstić information content (AvgIpc) is 2.43. The number of nitrogens with one attached hydrogen (secondary N) is 1. The van der Waals surface area contributed by atoms with Crippen LogP contribution >= 0.6 is 27.5 Å². The molecule has 21 heavy (non-hydrogen) atoms. The van der Waals surface area contributed by atoms with Gasteiger partial charge in [-0.2, -0.15) is 0 Å². The second kappa shape index (κ2) is 6.13. The standard InChI is InChI=1S/C13H12BrClN2O3S/c1-20-9-3-4-10(14)12(7-9)17-21(18,19)13-6-8(16)2-5-11(13)15/h2-7,17H,16H2,1H3. The third-order valence-electron chi connectivity index (χ3n) is 2.66. The maximum absolute atomic E-state index is 12.4. The molecule has 5 nitrogen and oxygen atoms in total. The van der Waals surface area contributed by atoms with Crippen LogP contribution in [0, 0.1) is 0 Å². The van der Waals surface area contributed by atoms with E-state index in [1.54, 1.807) is 18.2 Å². The van der Waals surface area contributed by atoms with Crippen molar-refractivity contribution < 1.29 is 13.2 Å². The average molecular weight is 392 g/mol. The van der Waals surface area contributed by atoms with Gasteiger partial charge in [0.15, 0.2) is 0 Å². The summed E-state index contributed by atoms with van der Waals surface area (Å²) in [5, 5.41) is 0.0933. The van der Waals surface area contributed by atoms with Crippen LogP contribution in [0.4, 0.5) is 11.4 Å². The van der Waals surface area contributed by atoms with Gasteiger partial charge < -0.3 is 10.5 Å². The summed E-state index contributed by atoms with van der Waals surface area (Å²) in [4.78, 5) is -0.0844. The van der Waals surface area contributed by atoms with Crippen LogP contribution in [-0.4, -0.2) is 15.5 Å². The lowest BCUT2D eigenvalue weighted by Gasteiger charge is -2.12. The SMILES string of the molecule is COc1ccc(Br)c(NS(=O)(=O)c2cc(N)ccc2Cl)c1. The Hall–Kier alpha value is -1.44. The van der Waals surface area contributed by atoms with E-state index in [2.05, 4.69) is 20.7 Å². The van der Waals surface area contributed by atoms with Gasteiger partial charge in [0.1, 0.15) is 10.6 Å². The predicted octanol–water partition coefficient (Wildman–Crippen LogP) is 3.49. The molecular formula is C13H12BrClN2O3S. The molecule has 3 N–H and O–H groups in total. The molecule has 0 amide bonds. The number of ether oxygens (including phenoxy) is 1. The summed E-state index contributed by atoms with van der Waals surface area (Å²) in [5.74, 6) is 0.523. The van der Waals surface area contributed by atoms with Crippen molar-refractivity contribution in [1.29, 1.82) is 0 Å². The molecule has 0 spiro atoms. The van der Waals surface area contributed by atoms with E-state index in [4.69, 9.17) is 22.1 Å². The first-order valence-corrected chi connectivity index (χ1v) is 8.40. The lowest BCUT2D eigenvalue weighted by atomic mass is 10.3. The summed E-state index contributed by atoms with van der Waals surface area (Å²) < 4.78 is 32.9. The first-order chi connectivity index (χ1) is 9.83. The highest BCUT2D eigenvalue weighted by Gasteiger charge is 2.19. The minimum absolute atomic E-state index is 0.0844. The quantitative estimate of drug-likeness (QED) is 0.782. The van der Waals surface area contributed by atoms with E-state index >= 15 is 0 Å². The zero-order valence-electron chi connectivity index (χ0n) is 10.9. The van der Waals surface area contributed by atoms with Crippen molar-refractivity contribution in [1.82, 2.24) is 0 Å². The molecule has 2 aromatic rings. The van der Waals surface area contributed by atoms with Gasteiger partial charge in [-0.3, -0.25) is 4.72 Å². The molecule has 112 valence electrons. The van der Waals surface area contributed by atoms with Gasteiger partial charge in [-0.15, -0.1) is 0 Å². The number of nitrogens with two attached hydrogens (primary N) is 1. The summed E-state index contributed by atoms with van der Waals surface area (Å²) in [6.07, 6.45) is 0. The molecule has 0 aliphatic rings. The lowest BCUT2D eigenvalue weighted by Crippen LogP contribution is -2.14. The zero-order valence-corrected chi connectivity index (χ0v) is 14.1. The van der Waals surface area contributed by atoms with Gasteiger partial charge in [0, 0.05) is 16.2 Å². The number of hydrogen-bond acceptors (Lipinski definition) is 4. The van der Waals surface area contributed by atoms with E-state index in [-0.39, 0.29) is 9.92 Å². The van der Waals surface area contributed by atoms with Crippen molar-refractivity contribution in [3.05, 3.63) is 45.9 Å². The molecular weight excluding hydrogens is 380 g/mol. The van der Waals surface area contributed by atoms with Gasteiger partial charge in [-0.05, 0) is 46.3 Å². The molecule has 0 atom stereocenters. The van der Waals surface area contributed by atoms with E-state index in [1.807, 2.05) is 0 Å². The number of nitrogen functional groups attached to an aromatic ring is 1. The Kier molecular flexibility index (Phi) is 4.65. The molecule has 0 saturated carbocycles. The monoisotopic (exact) mass is 390 g/mol. The topological polar surface area (TPSA) is 81.4 Å². The number of benzene rings is 2. The molecule has 2 aromatic carbocycles. The molecule has 0 bridgehead atoms. The van der Waals surface area contributed by atoms with Crippen LogP contribution in [0.1, 0.15) is 0 Å². The molecule has 8 heteroatoms. The highest BCUT2D eigenvalue weighted by atomic mass is 79.9. The summed E-state index contributed by atoms with van der Waals surface area (Å²) in [5.41, 5.74) is 6.26. The van der Waals surface area contributed by atoms with E-state index < -0.39 is 10.0 Å². The molecule has 0 heterocycles. The number of sulfonamides is 1. The molecule has 0 saturated heterocycles. The Morgan fingerprint density at radius 3 is 2.62 bits per heavy atom. The van der Waals surface area contributed by atoms with Crippen LogP contribution in [-0.2, 0) is 10.0 Å². The first kappa shape index (κ1) is 15.9. The number of halogens is 2. The van der Waals surface area contributed by atoms with Gasteiger partial charge in [-0.25, -0.2) is 8.42 Å². The minimum atomic E-state index is -3.86. The van der Waals surface area contributed by atoms with Crippen molar-refractivity contribution in [3.8, 4) is 5.75 Å². The number of methoxy groups -OCH3 is 1. The Bertz CT molecular complexity index is 781. The third kappa shape index (κ3) is 3.61. The highest BCUT2D eigenvalue weighted by molar-refractivity contribution is 9.10. The van der Waals surface area contributed by atoms with Gasteiger partial charge in [0.25, 0.3) is 10.0 Å². The fraction of sp³-hybridized carbons (Fsp3) is 0.0769. The van der Waals surface area contributed by atoms with E-state index in [9.17, 15) is 8.42 Å². The Morgan fingerprint density at radius 1 is 1.24 bits per heavy atom. The van der Waals surface area contributed by atoms with Crippen molar-refractivity contribution in [2.24, 2.45) is 0 Å². The maximum atomic E-state index is 12.4. The third-order valence-corrected chi connectivity index (χ3v) is 5.20. The van der Waals surface area contributed by atoms with E-state index in [0.717, 1.165) is 0 Å². The second-order valence-electron chi connectivity index (χ2n) is 4.14. The largest absolute Gasteiger partial charge is 0.497 e. The Labute approximate surface area is 136 Å². The van der Waals surface area contributed by atoms with Gasteiger partial charge in [-0.1, -0.05) is 11.6 Å². The van der Waals surface area contributed by atoms with E-state index in [1.165, 1.54) is 25.3 Å². The minimum Gasteiger partial charge on any atom is -0.497 e. The van der Waals surface area contributed by atoms with E-state index in [0.29, 0.717) is 21.6 Å². The lowest BCUT2D eigenvalue weighted by molar-refractivity contribution is 0.415. The van der Waals surface area contributed by atoms with Crippen LogP contribution in [0.25, 0.3) is 0 Å². The zero-order chi connectivity index (χ0) is 15.6. The van der Waals surface area contributed by atoms with Crippen LogP contribution in [0.2, 0.25) is 5.02 Å². The molecule has 0 radical (unpaired) electrons. The van der Waals surface area contributed by atoms with Gasteiger partial charge in [0.2, 0.25) is 0 Å². The Balaban J connectivity index is 2.44. The summed E-state index contributed by atoms with van der Waals surface area (Å²) in [6.45, 7) is 0. The summed E-state index contributed by atoms with van der Waals surface area (Å²) >= 11 is 9.21. The first-order valence-electron chi connectivity index (χ1n) is 5.75. The van der Waals surface area contributed by atoms with Crippen LogP contribution < -0.4 is 15.2 Å². The summed E-state index contributed by atoms with van der Waals surface area (Å²) in [6, 6.07) is 9.21. The molecule has 0 fully saturated rings. The van der Waals surface area contributed by atoms with Crippen LogP contribution in [0.5, 0.6) is 5.75 Å². The van der Waals surface area contributed by atoms with Gasteiger partial charge in [0.05, 0.1) is 17.8 Å². The van der Waals surface area contributed by atoms with Crippen molar-refractivity contribution >= 4 is 48.9 Å². The molecule has 2 rings (SSSR count). The fourth-order valence-corrected chi connectivity index (χ4v) is 3.72. The fourth-order valence-electron chi connectivity index (χ4n) is 1.64.